The van der Waals surface area contributed by atoms with Crippen LogP contribution in [0.15, 0.2) is 0 Å². The first-order valence-electron chi connectivity index (χ1n) is 6.70. The zero-order valence-electron chi connectivity index (χ0n) is 12.4. The van der Waals surface area contributed by atoms with E-state index in [2.05, 4.69) is 9.80 Å². The van der Waals surface area contributed by atoms with E-state index in [9.17, 15) is 10.2 Å². The third kappa shape index (κ3) is 7.28. The van der Waals surface area contributed by atoms with Crippen molar-refractivity contribution in [3.8, 4) is 0 Å². The average molecular weight is 261 g/mol. The van der Waals surface area contributed by atoms with Gasteiger partial charge in [0.05, 0.1) is 18.2 Å². The standard InChI is InChI=1S/C13H31N3O2/c1-15(2)9-5-7-13(18,12(14)11-17)8-6-10-16(3)4/h12,17-18H,5-11,14H2,1-4H3. The molecule has 0 heterocycles. The van der Waals surface area contributed by atoms with E-state index in [-0.39, 0.29) is 6.61 Å². The SMILES string of the molecule is CN(C)CCCC(O)(CCCN(C)C)C(N)CO. The first-order valence-corrected chi connectivity index (χ1v) is 6.70. The Morgan fingerprint density at radius 1 is 1.00 bits per heavy atom. The fraction of sp³-hybridized carbons (Fsp3) is 1.00. The van der Waals surface area contributed by atoms with Gasteiger partial charge in [-0.15, -0.1) is 0 Å². The largest absolute Gasteiger partial charge is 0.395 e. The van der Waals surface area contributed by atoms with Crippen LogP contribution < -0.4 is 5.73 Å². The molecule has 0 aromatic heterocycles. The summed E-state index contributed by atoms with van der Waals surface area (Å²) in [5.41, 5.74) is 4.91. The van der Waals surface area contributed by atoms with Crippen LogP contribution in [0.2, 0.25) is 0 Å². The summed E-state index contributed by atoms with van der Waals surface area (Å²) in [6.07, 6.45) is 3.05. The first-order chi connectivity index (χ1) is 8.31. The van der Waals surface area contributed by atoms with Crippen LogP contribution >= 0.6 is 0 Å². The van der Waals surface area contributed by atoms with Crippen molar-refractivity contribution < 1.29 is 10.2 Å². The first kappa shape index (κ1) is 17.8. The van der Waals surface area contributed by atoms with Crippen molar-refractivity contribution >= 4 is 0 Å². The fourth-order valence-corrected chi connectivity index (χ4v) is 2.07. The molecule has 0 aliphatic carbocycles. The molecule has 0 fully saturated rings. The molecule has 0 amide bonds. The number of hydrogen-bond donors (Lipinski definition) is 3. The molecule has 0 saturated heterocycles. The molecule has 18 heavy (non-hydrogen) atoms. The lowest BCUT2D eigenvalue weighted by Crippen LogP contribution is -2.50. The topological polar surface area (TPSA) is 73.0 Å². The van der Waals surface area contributed by atoms with Gasteiger partial charge < -0.3 is 25.7 Å². The minimum absolute atomic E-state index is 0.166. The number of nitrogens with zero attached hydrogens (tertiary/aromatic N) is 2. The van der Waals surface area contributed by atoms with Gasteiger partial charge in [-0.3, -0.25) is 0 Å². The van der Waals surface area contributed by atoms with Crippen LogP contribution in [0.1, 0.15) is 25.7 Å². The molecule has 1 atom stereocenters. The highest BCUT2D eigenvalue weighted by molar-refractivity contribution is 4.89. The molecule has 0 aromatic carbocycles. The van der Waals surface area contributed by atoms with Crippen LogP contribution in [0.25, 0.3) is 0 Å². The lowest BCUT2D eigenvalue weighted by molar-refractivity contribution is -0.0232. The van der Waals surface area contributed by atoms with Crippen LogP contribution in [-0.2, 0) is 0 Å². The minimum Gasteiger partial charge on any atom is -0.395 e. The van der Waals surface area contributed by atoms with Crippen LogP contribution in [0.3, 0.4) is 0 Å². The number of aliphatic hydroxyl groups excluding tert-OH is 1. The minimum atomic E-state index is -0.944. The number of nitrogens with two attached hydrogens (primary N) is 1. The van der Waals surface area contributed by atoms with Crippen molar-refractivity contribution in [2.45, 2.75) is 37.3 Å². The highest BCUT2D eigenvalue weighted by Crippen LogP contribution is 2.23. The molecule has 0 spiro atoms. The Balaban J connectivity index is 4.24. The third-order valence-corrected chi connectivity index (χ3v) is 3.32. The Hall–Kier alpha value is -0.200. The van der Waals surface area contributed by atoms with Gasteiger partial charge in [0.25, 0.3) is 0 Å². The molecule has 1 unspecified atom stereocenters. The van der Waals surface area contributed by atoms with Gasteiger partial charge in [0.2, 0.25) is 0 Å². The highest BCUT2D eigenvalue weighted by atomic mass is 16.3. The molecule has 0 radical (unpaired) electrons. The average Bonchev–Trinajstić information content (AvgIpc) is 2.26. The summed E-state index contributed by atoms with van der Waals surface area (Å²) < 4.78 is 0. The number of aliphatic hydroxyl groups is 2. The molecule has 0 aliphatic rings. The molecular formula is C13H31N3O2. The van der Waals surface area contributed by atoms with Crippen LogP contribution in [-0.4, -0.2) is 79.5 Å². The maximum absolute atomic E-state index is 10.6. The van der Waals surface area contributed by atoms with Gasteiger partial charge in [-0.1, -0.05) is 0 Å². The Morgan fingerprint density at radius 2 is 1.39 bits per heavy atom. The highest BCUT2D eigenvalue weighted by Gasteiger charge is 2.32. The number of hydrogen-bond acceptors (Lipinski definition) is 5. The Bertz CT molecular complexity index is 196. The normalized spacial score (nSPS) is 14.5. The van der Waals surface area contributed by atoms with E-state index in [4.69, 9.17) is 5.73 Å². The predicted octanol–water partition coefficient (Wildman–Crippen LogP) is -0.279. The summed E-state index contributed by atoms with van der Waals surface area (Å²) in [5, 5.41) is 19.8. The van der Waals surface area contributed by atoms with Gasteiger partial charge in [-0.25, -0.2) is 0 Å². The van der Waals surface area contributed by atoms with E-state index in [0.29, 0.717) is 12.8 Å². The molecule has 0 aliphatic heterocycles. The van der Waals surface area contributed by atoms with Gasteiger partial charge >= 0.3 is 0 Å². The molecule has 5 nitrogen and oxygen atoms in total. The molecular weight excluding hydrogens is 230 g/mol. The van der Waals surface area contributed by atoms with Gasteiger partial charge in [-0.2, -0.15) is 0 Å². The lowest BCUT2D eigenvalue weighted by atomic mass is 9.85. The van der Waals surface area contributed by atoms with Gasteiger partial charge in [-0.05, 0) is 67.0 Å². The fourth-order valence-electron chi connectivity index (χ4n) is 2.07. The van der Waals surface area contributed by atoms with Gasteiger partial charge in [0.15, 0.2) is 0 Å². The maximum atomic E-state index is 10.6. The predicted molar refractivity (Wildman–Crippen MR) is 75.6 cm³/mol. The summed E-state index contributed by atoms with van der Waals surface area (Å²) in [5.74, 6) is 0. The summed E-state index contributed by atoms with van der Waals surface area (Å²) in [6.45, 7) is 1.68. The van der Waals surface area contributed by atoms with Crippen LogP contribution in [0, 0.1) is 0 Å². The summed E-state index contributed by atoms with van der Waals surface area (Å²) in [6, 6.07) is -0.554. The summed E-state index contributed by atoms with van der Waals surface area (Å²) in [7, 11) is 8.04. The van der Waals surface area contributed by atoms with Crippen LogP contribution in [0.4, 0.5) is 0 Å². The summed E-state index contributed by atoms with van der Waals surface area (Å²) in [4.78, 5) is 4.18. The van der Waals surface area contributed by atoms with E-state index < -0.39 is 11.6 Å². The lowest BCUT2D eigenvalue weighted by Gasteiger charge is -2.34. The molecule has 0 bridgehead atoms. The molecule has 0 aromatic rings. The van der Waals surface area contributed by atoms with Crippen LogP contribution in [0.5, 0.6) is 0 Å². The van der Waals surface area contributed by atoms with Gasteiger partial charge in [0.1, 0.15) is 0 Å². The third-order valence-electron chi connectivity index (χ3n) is 3.32. The smallest absolute Gasteiger partial charge is 0.0821 e. The van der Waals surface area contributed by atoms with E-state index in [1.54, 1.807) is 0 Å². The van der Waals surface area contributed by atoms with Crippen molar-refractivity contribution in [2.24, 2.45) is 5.73 Å². The maximum Gasteiger partial charge on any atom is 0.0821 e. The second-order valence-corrected chi connectivity index (χ2v) is 5.71. The Labute approximate surface area is 112 Å². The molecule has 0 rings (SSSR count). The van der Waals surface area contributed by atoms with E-state index in [0.717, 1.165) is 25.9 Å². The molecule has 0 saturated carbocycles. The van der Waals surface area contributed by atoms with Crippen molar-refractivity contribution in [3.63, 3.8) is 0 Å². The number of rotatable bonds is 10. The summed E-state index contributed by atoms with van der Waals surface area (Å²) >= 11 is 0. The van der Waals surface area contributed by atoms with Crippen molar-refractivity contribution in [1.29, 1.82) is 0 Å². The zero-order valence-corrected chi connectivity index (χ0v) is 12.4. The monoisotopic (exact) mass is 261 g/mol. The second kappa shape index (κ2) is 8.82. The zero-order chi connectivity index (χ0) is 14.2. The Morgan fingerprint density at radius 3 is 1.67 bits per heavy atom. The van der Waals surface area contributed by atoms with Crippen molar-refractivity contribution in [3.05, 3.63) is 0 Å². The van der Waals surface area contributed by atoms with Crippen molar-refractivity contribution in [1.82, 2.24) is 9.80 Å². The van der Waals surface area contributed by atoms with E-state index >= 15 is 0 Å². The van der Waals surface area contributed by atoms with E-state index in [1.165, 1.54) is 0 Å². The molecule has 110 valence electrons. The molecule has 5 heteroatoms. The van der Waals surface area contributed by atoms with Crippen molar-refractivity contribution in [2.75, 3.05) is 47.9 Å². The molecule has 4 N–H and O–H groups in total. The Kier molecular flexibility index (Phi) is 8.73. The second-order valence-electron chi connectivity index (χ2n) is 5.71. The quantitative estimate of drug-likeness (QED) is 0.504. The van der Waals surface area contributed by atoms with E-state index in [1.807, 2.05) is 28.2 Å². The van der Waals surface area contributed by atoms with Gasteiger partial charge in [0, 0.05) is 0 Å².